The van der Waals surface area contributed by atoms with Crippen LogP contribution in [0.2, 0.25) is 0 Å². The first kappa shape index (κ1) is 8.45. The van der Waals surface area contributed by atoms with Crippen molar-refractivity contribution in [3.05, 3.63) is 0 Å². The van der Waals surface area contributed by atoms with E-state index in [2.05, 4.69) is 31.5 Å². The Hall–Kier alpha value is -0.650. The van der Waals surface area contributed by atoms with Crippen molar-refractivity contribution in [3.63, 3.8) is 0 Å². The van der Waals surface area contributed by atoms with Crippen molar-refractivity contribution in [2.24, 2.45) is 0 Å². The van der Waals surface area contributed by atoms with Crippen LogP contribution in [0.5, 0.6) is 6.01 Å². The van der Waals surface area contributed by atoms with E-state index in [-0.39, 0.29) is 0 Å². The summed E-state index contributed by atoms with van der Waals surface area (Å²) in [5.41, 5.74) is 0. The lowest BCUT2D eigenvalue weighted by Gasteiger charge is -2.00. The summed E-state index contributed by atoms with van der Waals surface area (Å²) < 4.78 is 6.80. The summed E-state index contributed by atoms with van der Waals surface area (Å²) in [6, 6.07) is 0.479. The van der Waals surface area contributed by atoms with E-state index in [4.69, 9.17) is 4.74 Å². The van der Waals surface area contributed by atoms with Crippen molar-refractivity contribution in [1.82, 2.24) is 20.2 Å². The summed E-state index contributed by atoms with van der Waals surface area (Å²) in [5.74, 6) is 0. The monoisotopic (exact) mass is 220 g/mol. The molecule has 0 spiro atoms. The maximum absolute atomic E-state index is 5.20. The van der Waals surface area contributed by atoms with Gasteiger partial charge in [-0.05, 0) is 17.4 Å². The fourth-order valence-corrected chi connectivity index (χ4v) is 0.790. The summed E-state index contributed by atoms with van der Waals surface area (Å²) in [6.07, 6.45) is 0. The van der Waals surface area contributed by atoms with Crippen molar-refractivity contribution in [2.45, 2.75) is 13.5 Å². The number of ether oxygens (including phenoxy) is 1. The van der Waals surface area contributed by atoms with Crippen LogP contribution in [0.25, 0.3) is 0 Å². The zero-order valence-corrected chi connectivity index (χ0v) is 7.78. The molecule has 6 heteroatoms. The Morgan fingerprint density at radius 3 is 3.09 bits per heavy atom. The summed E-state index contributed by atoms with van der Waals surface area (Å²) >= 11 is 3.24. The van der Waals surface area contributed by atoms with Crippen LogP contribution < -0.4 is 4.74 Å². The van der Waals surface area contributed by atoms with Crippen molar-refractivity contribution in [2.75, 3.05) is 11.9 Å². The summed E-state index contributed by atoms with van der Waals surface area (Å²) in [5, 5.41) is 11.6. The third-order valence-electron chi connectivity index (χ3n) is 1.11. The summed E-state index contributed by atoms with van der Waals surface area (Å²) in [4.78, 5) is 0. The van der Waals surface area contributed by atoms with E-state index in [1.807, 2.05) is 6.92 Å². The first-order valence-corrected chi connectivity index (χ1v) is 4.45. The first-order chi connectivity index (χ1) is 5.38. The number of hydrogen-bond donors (Lipinski definition) is 0. The number of aryl methyl sites for hydroxylation is 1. The van der Waals surface area contributed by atoms with Gasteiger partial charge in [0.05, 0.1) is 0 Å². The molecule has 0 aromatic carbocycles. The number of tetrazole rings is 1. The van der Waals surface area contributed by atoms with E-state index in [0.29, 0.717) is 12.6 Å². The SMILES string of the molecule is CCn1nnnc1OCCBr. The lowest BCUT2D eigenvalue weighted by molar-refractivity contribution is 0.295. The fraction of sp³-hybridized carbons (Fsp3) is 0.800. The lowest BCUT2D eigenvalue weighted by atomic mass is 10.8. The summed E-state index contributed by atoms with van der Waals surface area (Å²) in [6.45, 7) is 3.27. The van der Waals surface area contributed by atoms with Crippen LogP contribution in [0.15, 0.2) is 0 Å². The second-order valence-corrected chi connectivity index (χ2v) is 2.61. The molecule has 0 radical (unpaired) electrons. The molecule has 11 heavy (non-hydrogen) atoms. The van der Waals surface area contributed by atoms with Crippen LogP contribution in [0.3, 0.4) is 0 Å². The van der Waals surface area contributed by atoms with Gasteiger partial charge in [0.2, 0.25) is 0 Å². The number of alkyl halides is 1. The molecule has 0 unspecified atom stereocenters. The predicted molar refractivity (Wildman–Crippen MR) is 42.8 cm³/mol. The quantitative estimate of drug-likeness (QED) is 0.693. The Bertz CT molecular complexity index is 214. The summed E-state index contributed by atoms with van der Waals surface area (Å²) in [7, 11) is 0. The highest BCUT2D eigenvalue weighted by Gasteiger charge is 2.02. The molecule has 1 rings (SSSR count). The number of aromatic nitrogens is 4. The molecular formula is C5H9BrN4O. The van der Waals surface area contributed by atoms with Crippen molar-refractivity contribution < 1.29 is 4.74 Å². The topological polar surface area (TPSA) is 52.8 Å². The van der Waals surface area contributed by atoms with E-state index in [9.17, 15) is 0 Å². The molecule has 1 aromatic heterocycles. The second kappa shape index (κ2) is 4.27. The van der Waals surface area contributed by atoms with Gasteiger partial charge in [-0.1, -0.05) is 21.0 Å². The molecule has 5 nitrogen and oxygen atoms in total. The average Bonchev–Trinajstić information content (AvgIpc) is 2.47. The van der Waals surface area contributed by atoms with Crippen LogP contribution in [0.4, 0.5) is 0 Å². The Morgan fingerprint density at radius 1 is 1.64 bits per heavy atom. The fourth-order valence-electron chi connectivity index (χ4n) is 0.628. The molecule has 0 atom stereocenters. The van der Waals surface area contributed by atoms with E-state index in [1.54, 1.807) is 4.68 Å². The molecule has 0 aliphatic heterocycles. The number of hydrogen-bond acceptors (Lipinski definition) is 4. The van der Waals surface area contributed by atoms with E-state index in [1.165, 1.54) is 0 Å². The molecule has 0 N–H and O–H groups in total. The number of rotatable bonds is 4. The van der Waals surface area contributed by atoms with Gasteiger partial charge in [-0.2, -0.15) is 4.68 Å². The van der Waals surface area contributed by atoms with Crippen molar-refractivity contribution in [1.29, 1.82) is 0 Å². The molecule has 0 amide bonds. The highest BCUT2D eigenvalue weighted by molar-refractivity contribution is 9.09. The minimum atomic E-state index is 0.479. The molecule has 0 aliphatic carbocycles. The smallest absolute Gasteiger partial charge is 0.335 e. The predicted octanol–water partition coefficient (Wildman–Crippen LogP) is 0.467. The molecule has 0 aliphatic rings. The van der Waals surface area contributed by atoms with Crippen LogP contribution >= 0.6 is 15.9 Å². The lowest BCUT2D eigenvalue weighted by Crippen LogP contribution is -2.05. The third kappa shape index (κ3) is 2.14. The minimum absolute atomic E-state index is 0.479. The maximum atomic E-state index is 5.20. The number of halogens is 1. The molecule has 0 fully saturated rings. The highest BCUT2D eigenvalue weighted by Crippen LogP contribution is 2.01. The van der Waals surface area contributed by atoms with Crippen LogP contribution in [0.1, 0.15) is 6.92 Å². The highest BCUT2D eigenvalue weighted by atomic mass is 79.9. The van der Waals surface area contributed by atoms with Gasteiger partial charge in [-0.15, -0.1) is 0 Å². The van der Waals surface area contributed by atoms with Gasteiger partial charge >= 0.3 is 6.01 Å². The van der Waals surface area contributed by atoms with Crippen molar-refractivity contribution in [3.8, 4) is 6.01 Å². The minimum Gasteiger partial charge on any atom is -0.462 e. The molecule has 0 saturated carbocycles. The van der Waals surface area contributed by atoms with Crippen molar-refractivity contribution >= 4 is 15.9 Å². The maximum Gasteiger partial charge on any atom is 0.335 e. The second-order valence-electron chi connectivity index (χ2n) is 1.81. The van der Waals surface area contributed by atoms with Crippen LogP contribution in [0, 0.1) is 0 Å². The standard InChI is InChI=1S/C5H9BrN4O/c1-2-10-5(7-8-9-10)11-4-3-6/h2-4H2,1H3. The zero-order valence-electron chi connectivity index (χ0n) is 6.20. The Morgan fingerprint density at radius 2 is 2.45 bits per heavy atom. The largest absolute Gasteiger partial charge is 0.462 e. The number of nitrogens with zero attached hydrogens (tertiary/aromatic N) is 4. The van der Waals surface area contributed by atoms with Gasteiger partial charge in [0, 0.05) is 11.9 Å². The molecular weight excluding hydrogens is 212 g/mol. The zero-order chi connectivity index (χ0) is 8.10. The normalized spacial score (nSPS) is 10.0. The van der Waals surface area contributed by atoms with Gasteiger partial charge in [-0.25, -0.2) is 0 Å². The average molecular weight is 221 g/mol. The third-order valence-corrected chi connectivity index (χ3v) is 1.43. The Kier molecular flexibility index (Phi) is 3.28. The van der Waals surface area contributed by atoms with Gasteiger partial charge in [-0.3, -0.25) is 0 Å². The van der Waals surface area contributed by atoms with E-state index in [0.717, 1.165) is 11.9 Å². The van der Waals surface area contributed by atoms with Gasteiger partial charge in [0.25, 0.3) is 0 Å². The van der Waals surface area contributed by atoms with E-state index >= 15 is 0 Å². The molecule has 0 bridgehead atoms. The van der Waals surface area contributed by atoms with Gasteiger partial charge < -0.3 is 4.74 Å². The van der Waals surface area contributed by atoms with E-state index < -0.39 is 0 Å². The van der Waals surface area contributed by atoms with Gasteiger partial charge in [0.15, 0.2) is 0 Å². The van der Waals surface area contributed by atoms with Gasteiger partial charge in [0.1, 0.15) is 6.61 Å². The van der Waals surface area contributed by atoms with Crippen LogP contribution in [-0.2, 0) is 6.54 Å². The van der Waals surface area contributed by atoms with Crippen LogP contribution in [-0.4, -0.2) is 32.1 Å². The Balaban J connectivity index is 2.54. The molecule has 62 valence electrons. The Labute approximate surface area is 72.9 Å². The molecule has 1 aromatic rings. The molecule has 1 heterocycles. The molecule has 0 saturated heterocycles. The first-order valence-electron chi connectivity index (χ1n) is 3.33.